The van der Waals surface area contributed by atoms with Gasteiger partial charge in [0.05, 0.1) is 22.2 Å². The van der Waals surface area contributed by atoms with Gasteiger partial charge in [-0.1, -0.05) is 54.6 Å². The van der Waals surface area contributed by atoms with E-state index in [2.05, 4.69) is 117 Å². The highest BCUT2D eigenvalue weighted by atomic mass is 16.7. The van der Waals surface area contributed by atoms with E-state index in [0.29, 0.717) is 0 Å². The average molecular weight is 419 g/mol. The standard InChI is InChI=1S/C28H26BNO2/c1-27(2)28(3,4)32-29(31-27)21-14-15-23-24-16-19-10-8-9-11-20(19)17-25(24)30(26(23)18-21)22-12-6-5-7-13-22/h5-18H,1-4H3. The van der Waals surface area contributed by atoms with Gasteiger partial charge in [-0.2, -0.15) is 0 Å². The number of hydrogen-bond donors (Lipinski definition) is 0. The molecule has 0 spiro atoms. The fourth-order valence-corrected chi connectivity index (χ4v) is 4.70. The fourth-order valence-electron chi connectivity index (χ4n) is 4.70. The zero-order valence-corrected chi connectivity index (χ0v) is 18.9. The maximum atomic E-state index is 6.35. The Bertz CT molecular complexity index is 1470. The van der Waals surface area contributed by atoms with E-state index in [1.54, 1.807) is 0 Å². The van der Waals surface area contributed by atoms with Crippen LogP contribution in [-0.4, -0.2) is 22.9 Å². The molecule has 4 heteroatoms. The molecular weight excluding hydrogens is 393 g/mol. The molecule has 158 valence electrons. The molecule has 6 rings (SSSR count). The van der Waals surface area contributed by atoms with Gasteiger partial charge in [0, 0.05) is 16.5 Å². The van der Waals surface area contributed by atoms with Crippen molar-refractivity contribution in [2.24, 2.45) is 0 Å². The van der Waals surface area contributed by atoms with E-state index in [4.69, 9.17) is 9.31 Å². The summed E-state index contributed by atoms with van der Waals surface area (Å²) in [4.78, 5) is 0. The number of rotatable bonds is 2. The molecule has 1 aromatic heterocycles. The highest BCUT2D eigenvalue weighted by molar-refractivity contribution is 6.62. The number of nitrogens with zero attached hydrogens (tertiary/aromatic N) is 1. The Labute approximate surface area is 188 Å². The van der Waals surface area contributed by atoms with Crippen molar-refractivity contribution in [1.29, 1.82) is 0 Å². The summed E-state index contributed by atoms with van der Waals surface area (Å²) >= 11 is 0. The van der Waals surface area contributed by atoms with Crippen molar-refractivity contribution >= 4 is 45.2 Å². The first-order valence-corrected chi connectivity index (χ1v) is 11.2. The third-order valence-corrected chi connectivity index (χ3v) is 7.20. The van der Waals surface area contributed by atoms with E-state index in [-0.39, 0.29) is 18.3 Å². The van der Waals surface area contributed by atoms with Gasteiger partial charge in [0.15, 0.2) is 0 Å². The van der Waals surface area contributed by atoms with E-state index in [0.717, 1.165) is 16.7 Å². The SMILES string of the molecule is CC1(C)OB(c2ccc3c4cc5ccccc5cc4n(-c4ccccc4)c3c2)OC1(C)C. The second-order valence-corrected chi connectivity index (χ2v) is 9.75. The average Bonchev–Trinajstić information content (AvgIpc) is 3.21. The summed E-state index contributed by atoms with van der Waals surface area (Å²) in [5.74, 6) is 0. The Kier molecular flexibility index (Phi) is 4.11. The van der Waals surface area contributed by atoms with Gasteiger partial charge in [0.1, 0.15) is 0 Å². The third-order valence-electron chi connectivity index (χ3n) is 7.20. The Balaban J connectivity index is 1.63. The minimum Gasteiger partial charge on any atom is -0.399 e. The van der Waals surface area contributed by atoms with Gasteiger partial charge >= 0.3 is 7.12 Å². The van der Waals surface area contributed by atoms with Crippen LogP contribution in [-0.2, 0) is 9.31 Å². The highest BCUT2D eigenvalue weighted by Gasteiger charge is 2.51. The molecule has 1 aliphatic heterocycles. The lowest BCUT2D eigenvalue weighted by Gasteiger charge is -2.32. The molecule has 0 unspecified atom stereocenters. The Morgan fingerprint density at radius 1 is 0.625 bits per heavy atom. The maximum absolute atomic E-state index is 6.35. The molecule has 5 aromatic rings. The molecule has 3 nitrogen and oxygen atoms in total. The number of para-hydroxylation sites is 1. The molecule has 0 aliphatic carbocycles. The Morgan fingerprint density at radius 3 is 1.91 bits per heavy atom. The molecule has 0 amide bonds. The number of aromatic nitrogens is 1. The second-order valence-electron chi connectivity index (χ2n) is 9.75. The normalized spacial score (nSPS) is 17.6. The van der Waals surface area contributed by atoms with Crippen LogP contribution in [0.2, 0.25) is 0 Å². The highest BCUT2D eigenvalue weighted by Crippen LogP contribution is 2.38. The lowest BCUT2D eigenvalue weighted by Crippen LogP contribution is -2.41. The van der Waals surface area contributed by atoms with Crippen molar-refractivity contribution in [3.8, 4) is 5.69 Å². The first-order chi connectivity index (χ1) is 15.3. The van der Waals surface area contributed by atoms with Gasteiger partial charge in [-0.25, -0.2) is 0 Å². The van der Waals surface area contributed by atoms with E-state index in [1.165, 1.54) is 27.1 Å². The summed E-state index contributed by atoms with van der Waals surface area (Å²) < 4.78 is 15.1. The van der Waals surface area contributed by atoms with Gasteiger partial charge in [0.25, 0.3) is 0 Å². The Morgan fingerprint density at radius 2 is 1.22 bits per heavy atom. The van der Waals surface area contributed by atoms with Crippen LogP contribution >= 0.6 is 0 Å². The second kappa shape index (κ2) is 6.71. The van der Waals surface area contributed by atoms with Gasteiger partial charge in [-0.15, -0.1) is 0 Å². The summed E-state index contributed by atoms with van der Waals surface area (Å²) in [6.45, 7) is 8.38. The van der Waals surface area contributed by atoms with Gasteiger partial charge in [0.2, 0.25) is 0 Å². The Hall–Kier alpha value is -3.08. The lowest BCUT2D eigenvalue weighted by atomic mass is 9.79. The summed E-state index contributed by atoms with van der Waals surface area (Å²) in [7, 11) is -0.384. The monoisotopic (exact) mass is 419 g/mol. The van der Waals surface area contributed by atoms with E-state index in [9.17, 15) is 0 Å². The molecule has 1 fully saturated rings. The first-order valence-electron chi connectivity index (χ1n) is 11.2. The third kappa shape index (κ3) is 2.83. The van der Waals surface area contributed by atoms with Crippen molar-refractivity contribution in [2.75, 3.05) is 0 Å². The van der Waals surface area contributed by atoms with Crippen molar-refractivity contribution < 1.29 is 9.31 Å². The predicted molar refractivity (Wildman–Crippen MR) is 134 cm³/mol. The van der Waals surface area contributed by atoms with Gasteiger partial charge in [-0.3, -0.25) is 0 Å². The molecule has 0 bridgehead atoms. The number of fused-ring (bicyclic) bond motifs is 4. The molecule has 1 aliphatic rings. The van der Waals surface area contributed by atoms with Crippen LogP contribution in [0.15, 0.2) is 84.9 Å². The molecular formula is C28H26BNO2. The predicted octanol–water partition coefficient (Wildman–Crippen LogP) is 6.24. The lowest BCUT2D eigenvalue weighted by molar-refractivity contribution is 0.00578. The smallest absolute Gasteiger partial charge is 0.399 e. The van der Waals surface area contributed by atoms with Crippen molar-refractivity contribution in [3.05, 3.63) is 84.9 Å². The van der Waals surface area contributed by atoms with Crippen LogP contribution in [0.5, 0.6) is 0 Å². The van der Waals surface area contributed by atoms with Crippen LogP contribution < -0.4 is 5.46 Å². The van der Waals surface area contributed by atoms with E-state index >= 15 is 0 Å². The quantitative estimate of drug-likeness (QED) is 0.317. The molecule has 4 aromatic carbocycles. The molecule has 1 saturated heterocycles. The van der Waals surface area contributed by atoms with Crippen LogP contribution in [0, 0.1) is 0 Å². The summed E-state index contributed by atoms with van der Waals surface area (Å²) in [6.07, 6.45) is 0. The van der Waals surface area contributed by atoms with Crippen molar-refractivity contribution in [3.63, 3.8) is 0 Å². The maximum Gasteiger partial charge on any atom is 0.494 e. The molecule has 32 heavy (non-hydrogen) atoms. The summed E-state index contributed by atoms with van der Waals surface area (Å²) in [6, 6.07) is 30.3. The number of benzene rings is 4. The first kappa shape index (κ1) is 19.6. The summed E-state index contributed by atoms with van der Waals surface area (Å²) in [5.41, 5.74) is 3.83. The van der Waals surface area contributed by atoms with E-state index < -0.39 is 0 Å². The molecule has 0 atom stereocenters. The van der Waals surface area contributed by atoms with Crippen LogP contribution in [0.4, 0.5) is 0 Å². The summed E-state index contributed by atoms with van der Waals surface area (Å²) in [5, 5.41) is 4.98. The van der Waals surface area contributed by atoms with Gasteiger partial charge in [-0.05, 0) is 74.3 Å². The zero-order chi connectivity index (χ0) is 22.1. The molecule has 2 heterocycles. The molecule has 0 radical (unpaired) electrons. The minimum atomic E-state index is -0.384. The minimum absolute atomic E-state index is 0.365. The topological polar surface area (TPSA) is 23.4 Å². The number of hydrogen-bond acceptors (Lipinski definition) is 2. The van der Waals surface area contributed by atoms with Crippen molar-refractivity contribution in [2.45, 2.75) is 38.9 Å². The van der Waals surface area contributed by atoms with E-state index in [1.807, 2.05) is 0 Å². The molecule has 0 saturated carbocycles. The van der Waals surface area contributed by atoms with Gasteiger partial charge < -0.3 is 13.9 Å². The molecule has 0 N–H and O–H groups in total. The largest absolute Gasteiger partial charge is 0.494 e. The van der Waals surface area contributed by atoms with Crippen LogP contribution in [0.3, 0.4) is 0 Å². The van der Waals surface area contributed by atoms with Crippen molar-refractivity contribution in [1.82, 2.24) is 4.57 Å². The van der Waals surface area contributed by atoms with Crippen LogP contribution in [0.25, 0.3) is 38.3 Å². The zero-order valence-electron chi connectivity index (χ0n) is 18.9. The van der Waals surface area contributed by atoms with Crippen LogP contribution in [0.1, 0.15) is 27.7 Å². The fraction of sp³-hybridized carbons (Fsp3) is 0.214.